The third kappa shape index (κ3) is 6.47. The summed E-state index contributed by atoms with van der Waals surface area (Å²) >= 11 is 0. The summed E-state index contributed by atoms with van der Waals surface area (Å²) in [6.07, 6.45) is 1.94. The predicted molar refractivity (Wildman–Crippen MR) is 117 cm³/mol. The Morgan fingerprint density at radius 2 is 1.89 bits per heavy atom. The molecular formula is C19H25IN6O. The minimum absolute atomic E-state index is 0. The highest BCUT2D eigenvalue weighted by Crippen LogP contribution is 2.03. The van der Waals surface area contributed by atoms with Gasteiger partial charge in [0.1, 0.15) is 6.54 Å². The zero-order chi connectivity index (χ0) is 18.0. The first-order valence-electron chi connectivity index (χ1n) is 8.79. The summed E-state index contributed by atoms with van der Waals surface area (Å²) in [6.45, 7) is 5.17. The van der Waals surface area contributed by atoms with Crippen LogP contribution in [0, 0.1) is 0 Å². The van der Waals surface area contributed by atoms with Crippen LogP contribution in [0.5, 0.6) is 0 Å². The lowest BCUT2D eigenvalue weighted by atomic mass is 10.2. The molecule has 27 heavy (non-hydrogen) atoms. The van der Waals surface area contributed by atoms with E-state index in [1.165, 1.54) is 5.56 Å². The smallest absolute Gasteiger partial charge is 0.191 e. The van der Waals surface area contributed by atoms with Gasteiger partial charge >= 0.3 is 0 Å². The molecule has 0 bridgehead atoms. The van der Waals surface area contributed by atoms with Crippen molar-refractivity contribution in [2.24, 2.45) is 4.99 Å². The van der Waals surface area contributed by atoms with Gasteiger partial charge in [0.2, 0.25) is 0 Å². The molecule has 0 spiro atoms. The van der Waals surface area contributed by atoms with Gasteiger partial charge in [-0.05, 0) is 24.6 Å². The summed E-state index contributed by atoms with van der Waals surface area (Å²) in [7, 11) is 0. The Morgan fingerprint density at radius 3 is 2.70 bits per heavy atom. The zero-order valence-electron chi connectivity index (χ0n) is 15.3. The first-order valence-corrected chi connectivity index (χ1v) is 8.79. The van der Waals surface area contributed by atoms with Gasteiger partial charge < -0.3 is 15.4 Å². The van der Waals surface area contributed by atoms with Crippen molar-refractivity contribution >= 4 is 35.6 Å². The summed E-state index contributed by atoms with van der Waals surface area (Å²) in [5.74, 6) is 1.54. The number of halogens is 1. The second-order valence-electron chi connectivity index (χ2n) is 5.71. The predicted octanol–water partition coefficient (Wildman–Crippen LogP) is 2.62. The fourth-order valence-electron chi connectivity index (χ4n) is 2.50. The molecule has 2 N–H and O–H groups in total. The van der Waals surface area contributed by atoms with Crippen LogP contribution in [-0.2, 0) is 17.9 Å². The van der Waals surface area contributed by atoms with E-state index in [1.807, 2.05) is 53.9 Å². The molecule has 0 amide bonds. The molecule has 0 fully saturated rings. The third-order valence-corrected chi connectivity index (χ3v) is 3.76. The van der Waals surface area contributed by atoms with Gasteiger partial charge in [0, 0.05) is 19.3 Å². The molecule has 0 aliphatic rings. The van der Waals surface area contributed by atoms with E-state index >= 15 is 0 Å². The lowest BCUT2D eigenvalue weighted by Gasteiger charge is -2.11. The van der Waals surface area contributed by atoms with Crippen molar-refractivity contribution in [3.8, 4) is 0 Å². The Balaban J connectivity index is 0.00000261. The van der Waals surface area contributed by atoms with Crippen molar-refractivity contribution in [1.29, 1.82) is 0 Å². The van der Waals surface area contributed by atoms with Gasteiger partial charge in [0.15, 0.2) is 17.4 Å². The number of benzene rings is 1. The SMILES string of the molecule is CCNC(=NCc1nnc2ccccn12)NCCOCc1ccccc1.I. The Morgan fingerprint density at radius 1 is 1.07 bits per heavy atom. The Hall–Kier alpha value is -2.20. The van der Waals surface area contributed by atoms with Crippen molar-refractivity contribution < 1.29 is 4.74 Å². The molecule has 7 nitrogen and oxygen atoms in total. The number of guanidine groups is 1. The highest BCUT2D eigenvalue weighted by Gasteiger charge is 2.04. The number of fused-ring (bicyclic) bond motifs is 1. The molecule has 1 aromatic carbocycles. The maximum atomic E-state index is 5.68. The van der Waals surface area contributed by atoms with Gasteiger partial charge in [-0.15, -0.1) is 34.2 Å². The minimum atomic E-state index is 0. The maximum absolute atomic E-state index is 5.68. The van der Waals surface area contributed by atoms with Gasteiger partial charge in [-0.3, -0.25) is 4.40 Å². The van der Waals surface area contributed by atoms with Crippen LogP contribution < -0.4 is 10.6 Å². The molecule has 3 aromatic rings. The van der Waals surface area contributed by atoms with Crippen LogP contribution in [0.2, 0.25) is 0 Å². The lowest BCUT2D eigenvalue weighted by molar-refractivity contribution is 0.125. The van der Waals surface area contributed by atoms with Crippen molar-refractivity contribution in [2.45, 2.75) is 20.1 Å². The molecule has 0 aliphatic carbocycles. The monoisotopic (exact) mass is 480 g/mol. The number of nitrogens with one attached hydrogen (secondary N) is 2. The second-order valence-corrected chi connectivity index (χ2v) is 5.71. The number of hydrogen-bond donors (Lipinski definition) is 2. The van der Waals surface area contributed by atoms with Crippen LogP contribution in [-0.4, -0.2) is 40.3 Å². The fraction of sp³-hybridized carbons (Fsp3) is 0.316. The zero-order valence-corrected chi connectivity index (χ0v) is 17.7. The van der Waals surface area contributed by atoms with Gasteiger partial charge in [0.25, 0.3) is 0 Å². The van der Waals surface area contributed by atoms with E-state index in [2.05, 4.69) is 38.0 Å². The molecule has 0 unspecified atom stereocenters. The van der Waals surface area contributed by atoms with E-state index in [1.54, 1.807) is 0 Å². The third-order valence-electron chi connectivity index (χ3n) is 3.76. The van der Waals surface area contributed by atoms with Crippen LogP contribution >= 0.6 is 24.0 Å². The largest absolute Gasteiger partial charge is 0.375 e. The molecule has 2 heterocycles. The molecule has 0 aliphatic heterocycles. The van der Waals surface area contributed by atoms with E-state index < -0.39 is 0 Å². The Bertz CT molecular complexity index is 836. The molecule has 3 rings (SSSR count). The Labute approximate surface area is 176 Å². The van der Waals surface area contributed by atoms with E-state index in [-0.39, 0.29) is 24.0 Å². The van der Waals surface area contributed by atoms with Gasteiger partial charge in [0.05, 0.1) is 13.2 Å². The number of ether oxygens (including phenoxy) is 1. The van der Waals surface area contributed by atoms with Crippen molar-refractivity contribution in [1.82, 2.24) is 25.2 Å². The average molecular weight is 480 g/mol. The summed E-state index contributed by atoms with van der Waals surface area (Å²) in [6, 6.07) is 16.0. The number of hydrogen-bond acceptors (Lipinski definition) is 4. The highest BCUT2D eigenvalue weighted by molar-refractivity contribution is 14.0. The van der Waals surface area contributed by atoms with Crippen molar-refractivity contribution in [3.05, 3.63) is 66.1 Å². The minimum Gasteiger partial charge on any atom is -0.375 e. The number of aromatic nitrogens is 3. The fourth-order valence-corrected chi connectivity index (χ4v) is 2.50. The van der Waals surface area contributed by atoms with Crippen LogP contribution in [0.1, 0.15) is 18.3 Å². The molecule has 0 saturated carbocycles. The summed E-state index contributed by atoms with van der Waals surface area (Å²) in [5, 5.41) is 14.8. The average Bonchev–Trinajstić information content (AvgIpc) is 3.10. The Kier molecular flexibility index (Phi) is 8.99. The van der Waals surface area contributed by atoms with Crippen molar-refractivity contribution in [2.75, 3.05) is 19.7 Å². The molecule has 0 atom stereocenters. The van der Waals surface area contributed by atoms with Crippen LogP contribution in [0.3, 0.4) is 0 Å². The molecule has 0 saturated heterocycles. The first kappa shape index (κ1) is 21.1. The van der Waals surface area contributed by atoms with Crippen LogP contribution in [0.4, 0.5) is 0 Å². The number of aliphatic imine (C=N–C) groups is 1. The van der Waals surface area contributed by atoms with E-state index in [4.69, 9.17) is 4.74 Å². The summed E-state index contributed by atoms with van der Waals surface area (Å²) in [5.41, 5.74) is 2.00. The first-order chi connectivity index (χ1) is 12.9. The number of pyridine rings is 1. The van der Waals surface area contributed by atoms with E-state index in [9.17, 15) is 0 Å². The molecule has 144 valence electrons. The molecule has 0 radical (unpaired) electrons. The standard InChI is InChI=1S/C19H24N6O.HI/c1-2-20-19(21-11-13-26-15-16-8-4-3-5-9-16)22-14-18-24-23-17-10-6-7-12-25(17)18;/h3-10,12H,2,11,13-15H2,1H3,(H2,20,21,22);1H. The summed E-state index contributed by atoms with van der Waals surface area (Å²) < 4.78 is 7.63. The number of nitrogens with zero attached hydrogens (tertiary/aromatic N) is 4. The van der Waals surface area contributed by atoms with Gasteiger partial charge in [-0.2, -0.15) is 0 Å². The molecule has 2 aromatic heterocycles. The van der Waals surface area contributed by atoms with Gasteiger partial charge in [-0.25, -0.2) is 4.99 Å². The lowest BCUT2D eigenvalue weighted by Crippen LogP contribution is -2.39. The second kappa shape index (κ2) is 11.5. The quantitative estimate of drug-likeness (QED) is 0.225. The van der Waals surface area contributed by atoms with Crippen LogP contribution in [0.25, 0.3) is 5.65 Å². The van der Waals surface area contributed by atoms with E-state index in [0.29, 0.717) is 26.3 Å². The van der Waals surface area contributed by atoms with E-state index in [0.717, 1.165) is 24.0 Å². The van der Waals surface area contributed by atoms with Gasteiger partial charge in [-0.1, -0.05) is 36.4 Å². The number of rotatable bonds is 8. The van der Waals surface area contributed by atoms with Crippen molar-refractivity contribution in [3.63, 3.8) is 0 Å². The summed E-state index contributed by atoms with van der Waals surface area (Å²) in [4.78, 5) is 4.58. The highest BCUT2D eigenvalue weighted by atomic mass is 127. The molecular weight excluding hydrogens is 455 g/mol. The normalized spacial score (nSPS) is 11.2. The van der Waals surface area contributed by atoms with Crippen LogP contribution in [0.15, 0.2) is 59.7 Å². The molecule has 8 heteroatoms. The topological polar surface area (TPSA) is 75.8 Å². The maximum Gasteiger partial charge on any atom is 0.191 e.